The molecule has 0 spiro atoms. The van der Waals surface area contributed by atoms with Crippen molar-refractivity contribution in [3.8, 4) is 0 Å². The van der Waals surface area contributed by atoms with Crippen LogP contribution in [0.3, 0.4) is 0 Å². The van der Waals surface area contributed by atoms with Gasteiger partial charge in [-0.05, 0) is 60.4 Å². The Morgan fingerprint density at radius 2 is 1.71 bits per heavy atom. The number of esters is 1. The summed E-state index contributed by atoms with van der Waals surface area (Å²) in [6.45, 7) is 7.27. The Hall–Kier alpha value is -2.79. The Morgan fingerprint density at radius 3 is 2.32 bits per heavy atom. The van der Waals surface area contributed by atoms with E-state index in [0.29, 0.717) is 17.1 Å². The second kappa shape index (κ2) is 9.83. The van der Waals surface area contributed by atoms with Crippen molar-refractivity contribution >= 4 is 34.4 Å². The van der Waals surface area contributed by atoms with E-state index in [1.807, 2.05) is 12.3 Å². The van der Waals surface area contributed by atoms with Crippen molar-refractivity contribution in [3.63, 3.8) is 0 Å². The molecule has 1 fully saturated rings. The van der Waals surface area contributed by atoms with Crippen molar-refractivity contribution in [2.75, 3.05) is 7.11 Å². The predicted molar refractivity (Wildman–Crippen MR) is 136 cm³/mol. The highest BCUT2D eigenvalue weighted by atomic mass is 35.5. The lowest BCUT2D eigenvalue weighted by atomic mass is 9.86. The van der Waals surface area contributed by atoms with Crippen LogP contribution in [-0.2, 0) is 21.5 Å². The highest BCUT2D eigenvalue weighted by molar-refractivity contribution is 6.36. The van der Waals surface area contributed by atoms with Crippen molar-refractivity contribution in [1.29, 1.82) is 0 Å². The molecule has 6 heteroatoms. The fourth-order valence-electron chi connectivity index (χ4n) is 4.82. The molecule has 4 rings (SSSR count). The van der Waals surface area contributed by atoms with Crippen LogP contribution in [0.25, 0.3) is 10.9 Å². The number of aromatic nitrogens is 1. The van der Waals surface area contributed by atoms with E-state index >= 15 is 0 Å². The van der Waals surface area contributed by atoms with Gasteiger partial charge in [0.05, 0.1) is 24.1 Å². The Balaban J connectivity index is 1.54. The number of ether oxygens (including phenoxy) is 1. The number of fused-ring (bicyclic) bond motifs is 1. The van der Waals surface area contributed by atoms with Gasteiger partial charge in [0.15, 0.2) is 0 Å². The average Bonchev–Trinajstić information content (AvgIpc) is 3.23. The van der Waals surface area contributed by atoms with Crippen molar-refractivity contribution in [2.24, 2.45) is 5.92 Å². The first-order valence-electron chi connectivity index (χ1n) is 11.9. The van der Waals surface area contributed by atoms with Crippen LogP contribution in [0.2, 0.25) is 5.02 Å². The first-order chi connectivity index (χ1) is 16.2. The Bertz CT molecular complexity index is 1180. The predicted octanol–water partition coefficient (Wildman–Crippen LogP) is 6.10. The molecule has 3 aromatic rings. The van der Waals surface area contributed by atoms with Gasteiger partial charge in [-0.2, -0.15) is 0 Å². The minimum absolute atomic E-state index is 0.0486. The van der Waals surface area contributed by atoms with Gasteiger partial charge in [-0.3, -0.25) is 9.59 Å². The lowest BCUT2D eigenvalue weighted by Gasteiger charge is -2.27. The van der Waals surface area contributed by atoms with Gasteiger partial charge in [-0.25, -0.2) is 0 Å². The van der Waals surface area contributed by atoms with Crippen LogP contribution in [0, 0.1) is 5.92 Å². The molecular formula is C28H33ClN2O3. The molecule has 1 amide bonds. The molecule has 1 heterocycles. The topological polar surface area (TPSA) is 60.3 Å². The van der Waals surface area contributed by atoms with Crippen molar-refractivity contribution in [2.45, 2.75) is 64.5 Å². The number of amides is 1. The van der Waals surface area contributed by atoms with E-state index in [9.17, 15) is 9.59 Å². The number of benzene rings is 2. The number of carbonyl (C=O) groups is 2. The SMILES string of the molecule is COC(=O)C1CCC(NC(=O)c2ccc(Cl)c3ccn(Cc4ccc(C(C)(C)C)cc4)c23)CC1. The molecule has 0 unspecified atom stereocenters. The number of methoxy groups -OCH3 is 1. The maximum absolute atomic E-state index is 13.3. The van der Waals surface area contributed by atoms with Gasteiger partial charge in [0.2, 0.25) is 0 Å². The van der Waals surface area contributed by atoms with Gasteiger partial charge < -0.3 is 14.6 Å². The number of nitrogens with one attached hydrogen (secondary N) is 1. The zero-order valence-electron chi connectivity index (χ0n) is 20.4. The molecule has 180 valence electrons. The highest BCUT2D eigenvalue weighted by Gasteiger charge is 2.28. The lowest BCUT2D eigenvalue weighted by Crippen LogP contribution is -2.39. The third-order valence-electron chi connectivity index (χ3n) is 6.89. The van der Waals surface area contributed by atoms with Crippen LogP contribution in [0.4, 0.5) is 0 Å². The zero-order chi connectivity index (χ0) is 24.5. The molecule has 1 aromatic heterocycles. The van der Waals surface area contributed by atoms with Gasteiger partial charge in [-0.15, -0.1) is 0 Å². The zero-order valence-corrected chi connectivity index (χ0v) is 21.1. The normalized spacial score (nSPS) is 18.6. The maximum Gasteiger partial charge on any atom is 0.308 e. The summed E-state index contributed by atoms with van der Waals surface area (Å²) in [4.78, 5) is 25.1. The Labute approximate surface area is 206 Å². The summed E-state index contributed by atoms with van der Waals surface area (Å²) in [6.07, 6.45) is 4.99. The fraction of sp³-hybridized carbons (Fsp3) is 0.429. The molecule has 34 heavy (non-hydrogen) atoms. The Kier molecular flexibility index (Phi) is 7.04. The van der Waals surface area contributed by atoms with Crippen LogP contribution in [-0.4, -0.2) is 29.6 Å². The van der Waals surface area contributed by atoms with E-state index in [0.717, 1.165) is 42.1 Å². The standard InChI is InChI=1S/C28H33ClN2O3/c1-28(2,3)20-9-5-18(6-10-20)17-31-16-15-22-24(29)14-13-23(25(22)31)26(32)30-21-11-7-19(8-12-21)27(33)34-4/h5-6,9-10,13-16,19,21H,7-8,11-12,17H2,1-4H3,(H,30,32). The number of nitrogens with zero attached hydrogens (tertiary/aromatic N) is 1. The average molecular weight is 481 g/mol. The molecule has 0 atom stereocenters. The number of rotatable bonds is 5. The monoisotopic (exact) mass is 480 g/mol. The first kappa shape index (κ1) is 24.3. The van der Waals surface area contributed by atoms with E-state index in [1.54, 1.807) is 12.1 Å². The van der Waals surface area contributed by atoms with Crippen molar-refractivity contribution in [1.82, 2.24) is 9.88 Å². The summed E-state index contributed by atoms with van der Waals surface area (Å²) in [5.41, 5.74) is 4.02. The summed E-state index contributed by atoms with van der Waals surface area (Å²) in [5.74, 6) is -0.328. The smallest absolute Gasteiger partial charge is 0.308 e. The first-order valence-corrected chi connectivity index (χ1v) is 12.3. The van der Waals surface area contributed by atoms with Crippen molar-refractivity contribution in [3.05, 3.63) is 70.4 Å². The molecule has 2 aromatic carbocycles. The van der Waals surface area contributed by atoms with Gasteiger partial charge in [-0.1, -0.05) is 56.6 Å². The fourth-order valence-corrected chi connectivity index (χ4v) is 5.03. The minimum Gasteiger partial charge on any atom is -0.469 e. The van der Waals surface area contributed by atoms with Crippen LogP contribution < -0.4 is 5.32 Å². The third kappa shape index (κ3) is 5.15. The molecular weight excluding hydrogens is 448 g/mol. The maximum atomic E-state index is 13.3. The van der Waals surface area contributed by atoms with E-state index in [1.165, 1.54) is 12.7 Å². The molecule has 1 aliphatic rings. The molecule has 5 nitrogen and oxygen atoms in total. The van der Waals surface area contributed by atoms with Crippen molar-refractivity contribution < 1.29 is 14.3 Å². The van der Waals surface area contributed by atoms with E-state index < -0.39 is 0 Å². The summed E-state index contributed by atoms with van der Waals surface area (Å²) in [6, 6.07) is 14.3. The number of carbonyl (C=O) groups excluding carboxylic acids is 2. The van der Waals surface area contributed by atoms with Crippen LogP contribution >= 0.6 is 11.6 Å². The third-order valence-corrected chi connectivity index (χ3v) is 7.22. The van der Waals surface area contributed by atoms with Gasteiger partial charge in [0, 0.05) is 29.2 Å². The quantitative estimate of drug-likeness (QED) is 0.448. The second-order valence-corrected chi connectivity index (χ2v) is 10.7. The van der Waals surface area contributed by atoms with Gasteiger partial charge >= 0.3 is 5.97 Å². The summed E-state index contributed by atoms with van der Waals surface area (Å²) >= 11 is 6.48. The Morgan fingerprint density at radius 1 is 1.03 bits per heavy atom. The largest absolute Gasteiger partial charge is 0.469 e. The molecule has 0 bridgehead atoms. The van der Waals surface area contributed by atoms with Gasteiger partial charge in [0.1, 0.15) is 0 Å². The number of hydrogen-bond donors (Lipinski definition) is 1. The molecule has 0 radical (unpaired) electrons. The lowest BCUT2D eigenvalue weighted by molar-refractivity contribution is -0.146. The minimum atomic E-state index is -0.155. The number of halogens is 1. The molecule has 1 aliphatic carbocycles. The van der Waals surface area contributed by atoms with Gasteiger partial charge in [0.25, 0.3) is 5.91 Å². The molecule has 1 saturated carbocycles. The van der Waals surface area contributed by atoms with Crippen LogP contribution in [0.1, 0.15) is 67.9 Å². The van der Waals surface area contributed by atoms with E-state index in [-0.39, 0.29) is 29.3 Å². The molecule has 1 N–H and O–H groups in total. The summed E-state index contributed by atoms with van der Waals surface area (Å²) in [7, 11) is 1.43. The summed E-state index contributed by atoms with van der Waals surface area (Å²) < 4.78 is 6.96. The van der Waals surface area contributed by atoms with E-state index in [4.69, 9.17) is 16.3 Å². The number of hydrogen-bond acceptors (Lipinski definition) is 3. The van der Waals surface area contributed by atoms with Crippen LogP contribution in [0.5, 0.6) is 0 Å². The highest BCUT2D eigenvalue weighted by Crippen LogP contribution is 2.30. The molecule has 0 saturated heterocycles. The summed E-state index contributed by atoms with van der Waals surface area (Å²) in [5, 5.41) is 4.68. The second-order valence-electron chi connectivity index (χ2n) is 10.3. The van der Waals surface area contributed by atoms with E-state index in [2.05, 4.69) is 54.9 Å². The molecule has 0 aliphatic heterocycles. The van der Waals surface area contributed by atoms with Crippen LogP contribution in [0.15, 0.2) is 48.7 Å².